The first-order chi connectivity index (χ1) is 8.74. The van der Waals surface area contributed by atoms with Crippen LogP contribution in [0.3, 0.4) is 0 Å². The molecule has 0 bridgehead atoms. The van der Waals surface area contributed by atoms with Crippen LogP contribution in [0.15, 0.2) is 23.1 Å². The van der Waals surface area contributed by atoms with Crippen molar-refractivity contribution < 1.29 is 4.79 Å². The highest BCUT2D eigenvalue weighted by molar-refractivity contribution is 8.00. The Hall–Kier alpha value is -1.00. The van der Waals surface area contributed by atoms with E-state index in [9.17, 15) is 4.79 Å². The highest BCUT2D eigenvalue weighted by Gasteiger charge is 2.22. The fourth-order valence-corrected chi connectivity index (χ4v) is 3.73. The first kappa shape index (κ1) is 12.1. The van der Waals surface area contributed by atoms with Gasteiger partial charge in [0.15, 0.2) is 0 Å². The van der Waals surface area contributed by atoms with Crippen molar-refractivity contribution in [3.63, 3.8) is 0 Å². The van der Waals surface area contributed by atoms with Crippen molar-refractivity contribution in [3.8, 4) is 0 Å². The van der Waals surface area contributed by atoms with Crippen LogP contribution in [0.1, 0.15) is 12.0 Å². The van der Waals surface area contributed by atoms with Gasteiger partial charge >= 0.3 is 0 Å². The number of rotatable bonds is 2. The van der Waals surface area contributed by atoms with Crippen molar-refractivity contribution in [2.75, 3.05) is 30.8 Å². The number of nitrogens with one attached hydrogen (secondary N) is 1. The van der Waals surface area contributed by atoms with E-state index < -0.39 is 0 Å². The maximum absolute atomic E-state index is 11.6. The predicted octanol–water partition coefficient (Wildman–Crippen LogP) is 1.91. The quantitative estimate of drug-likeness (QED) is 0.883. The molecule has 0 aliphatic carbocycles. The number of carbonyl (C=O) groups is 1. The summed E-state index contributed by atoms with van der Waals surface area (Å²) in [6.07, 6.45) is 2.43. The number of thioether (sulfide) groups is 1. The minimum Gasteiger partial charge on any atom is -0.316 e. The van der Waals surface area contributed by atoms with Gasteiger partial charge in [-0.3, -0.25) is 4.79 Å². The number of hydrogen-bond donors (Lipinski definition) is 1. The monoisotopic (exact) mass is 262 g/mol. The minimum atomic E-state index is 0.195. The average molecular weight is 262 g/mol. The fourth-order valence-electron chi connectivity index (χ4n) is 2.67. The van der Waals surface area contributed by atoms with Gasteiger partial charge in [0.1, 0.15) is 0 Å². The molecule has 1 N–H and O–H groups in total. The Bertz CT molecular complexity index is 469. The van der Waals surface area contributed by atoms with Crippen molar-refractivity contribution >= 4 is 23.4 Å². The van der Waals surface area contributed by atoms with Crippen molar-refractivity contribution in [2.24, 2.45) is 5.92 Å². The molecule has 2 heterocycles. The molecule has 2 aliphatic rings. The zero-order chi connectivity index (χ0) is 12.5. The second kappa shape index (κ2) is 4.94. The predicted molar refractivity (Wildman–Crippen MR) is 75.3 cm³/mol. The second-order valence-electron chi connectivity index (χ2n) is 5.11. The van der Waals surface area contributed by atoms with E-state index in [-0.39, 0.29) is 5.91 Å². The van der Waals surface area contributed by atoms with E-state index in [1.807, 2.05) is 7.05 Å². The van der Waals surface area contributed by atoms with E-state index in [1.165, 1.54) is 16.9 Å². The lowest BCUT2D eigenvalue weighted by atomic mass is 9.98. The summed E-state index contributed by atoms with van der Waals surface area (Å²) in [6.45, 7) is 2.30. The third-order valence-corrected chi connectivity index (χ3v) is 4.83. The molecule has 1 aromatic carbocycles. The van der Waals surface area contributed by atoms with Gasteiger partial charge < -0.3 is 10.2 Å². The molecule has 0 aromatic heterocycles. The van der Waals surface area contributed by atoms with E-state index >= 15 is 0 Å². The maximum Gasteiger partial charge on any atom is 0.237 e. The van der Waals surface area contributed by atoms with E-state index in [2.05, 4.69) is 23.5 Å². The van der Waals surface area contributed by atoms with Crippen molar-refractivity contribution in [3.05, 3.63) is 23.8 Å². The number of fused-ring (bicyclic) bond motifs is 1. The Balaban J connectivity index is 1.80. The van der Waals surface area contributed by atoms with Crippen molar-refractivity contribution in [2.45, 2.75) is 17.7 Å². The molecule has 2 aliphatic heterocycles. The first-order valence-electron chi connectivity index (χ1n) is 6.47. The smallest absolute Gasteiger partial charge is 0.237 e. The third kappa shape index (κ3) is 2.27. The van der Waals surface area contributed by atoms with Gasteiger partial charge in [-0.2, -0.15) is 0 Å². The summed E-state index contributed by atoms with van der Waals surface area (Å²) in [6, 6.07) is 6.53. The summed E-state index contributed by atoms with van der Waals surface area (Å²) >= 11 is 1.67. The van der Waals surface area contributed by atoms with E-state index in [0.29, 0.717) is 5.75 Å². The number of amides is 1. The molecule has 3 rings (SSSR count). The lowest BCUT2D eigenvalue weighted by molar-refractivity contribution is -0.116. The Morgan fingerprint density at radius 1 is 1.50 bits per heavy atom. The van der Waals surface area contributed by atoms with Gasteiger partial charge in [0, 0.05) is 11.9 Å². The molecule has 1 unspecified atom stereocenters. The van der Waals surface area contributed by atoms with Crippen LogP contribution in [0.25, 0.3) is 0 Å². The fraction of sp³-hybridized carbons (Fsp3) is 0.500. The van der Waals surface area contributed by atoms with Crippen LogP contribution in [0, 0.1) is 5.92 Å². The number of anilines is 1. The minimum absolute atomic E-state index is 0.195. The highest BCUT2D eigenvalue weighted by atomic mass is 32.2. The third-order valence-electron chi connectivity index (χ3n) is 3.80. The van der Waals surface area contributed by atoms with Crippen LogP contribution < -0.4 is 10.2 Å². The zero-order valence-electron chi connectivity index (χ0n) is 10.6. The van der Waals surface area contributed by atoms with Gasteiger partial charge in [-0.25, -0.2) is 0 Å². The number of nitrogens with zero attached hydrogens (tertiary/aromatic N) is 1. The van der Waals surface area contributed by atoms with E-state index in [1.54, 1.807) is 16.7 Å². The lowest BCUT2D eigenvalue weighted by Crippen LogP contribution is -2.31. The van der Waals surface area contributed by atoms with E-state index in [4.69, 9.17) is 0 Å². The molecule has 1 saturated heterocycles. The number of hydrogen-bond acceptors (Lipinski definition) is 3. The molecule has 0 radical (unpaired) electrons. The van der Waals surface area contributed by atoms with Crippen LogP contribution in [0.4, 0.5) is 5.69 Å². The molecule has 96 valence electrons. The van der Waals surface area contributed by atoms with Crippen LogP contribution in [-0.2, 0) is 11.2 Å². The Morgan fingerprint density at radius 2 is 2.39 bits per heavy atom. The largest absolute Gasteiger partial charge is 0.316 e. The van der Waals surface area contributed by atoms with Crippen molar-refractivity contribution in [1.82, 2.24) is 5.32 Å². The summed E-state index contributed by atoms with van der Waals surface area (Å²) in [7, 11) is 1.86. The molecule has 1 aromatic rings. The Morgan fingerprint density at radius 3 is 3.17 bits per heavy atom. The summed E-state index contributed by atoms with van der Waals surface area (Å²) in [4.78, 5) is 14.6. The molecule has 1 atom stereocenters. The molecule has 0 saturated carbocycles. The van der Waals surface area contributed by atoms with Gasteiger partial charge in [-0.05, 0) is 49.5 Å². The van der Waals surface area contributed by atoms with Crippen LogP contribution >= 0.6 is 11.8 Å². The standard InChI is InChI=1S/C14H18N2OS/c1-16-12-3-2-10(6-11-4-5-15-8-11)7-13(12)18-9-14(16)17/h2-3,7,11,15H,4-6,8-9H2,1H3. The van der Waals surface area contributed by atoms with Crippen LogP contribution in [0.5, 0.6) is 0 Å². The second-order valence-corrected chi connectivity index (χ2v) is 6.12. The molecular formula is C14H18N2OS. The number of benzene rings is 1. The lowest BCUT2D eigenvalue weighted by Gasteiger charge is -2.25. The zero-order valence-corrected chi connectivity index (χ0v) is 11.4. The first-order valence-corrected chi connectivity index (χ1v) is 7.45. The normalized spacial score (nSPS) is 23.3. The SMILES string of the molecule is CN1C(=O)CSc2cc(CC3CCNC3)ccc21. The molecule has 3 nitrogen and oxygen atoms in total. The summed E-state index contributed by atoms with van der Waals surface area (Å²) in [5, 5.41) is 3.41. The van der Waals surface area contributed by atoms with Gasteiger partial charge in [0.25, 0.3) is 0 Å². The van der Waals surface area contributed by atoms with Gasteiger partial charge in [0.2, 0.25) is 5.91 Å². The summed E-state index contributed by atoms with van der Waals surface area (Å²) in [5.74, 6) is 1.54. The summed E-state index contributed by atoms with van der Waals surface area (Å²) < 4.78 is 0. The molecule has 1 amide bonds. The van der Waals surface area contributed by atoms with Gasteiger partial charge in [-0.15, -0.1) is 11.8 Å². The van der Waals surface area contributed by atoms with Gasteiger partial charge in [0.05, 0.1) is 11.4 Å². The van der Waals surface area contributed by atoms with Gasteiger partial charge in [-0.1, -0.05) is 6.07 Å². The average Bonchev–Trinajstić information content (AvgIpc) is 2.87. The molecular weight excluding hydrogens is 244 g/mol. The van der Waals surface area contributed by atoms with E-state index in [0.717, 1.165) is 31.1 Å². The maximum atomic E-state index is 11.6. The molecule has 1 fully saturated rings. The topological polar surface area (TPSA) is 32.3 Å². The molecule has 0 spiro atoms. The Labute approximate surface area is 112 Å². The summed E-state index contributed by atoms with van der Waals surface area (Å²) in [5.41, 5.74) is 2.46. The Kier molecular flexibility index (Phi) is 3.31. The highest BCUT2D eigenvalue weighted by Crippen LogP contribution is 2.35. The number of carbonyl (C=O) groups excluding carboxylic acids is 1. The molecule has 18 heavy (non-hydrogen) atoms. The van der Waals surface area contributed by atoms with Crippen molar-refractivity contribution in [1.29, 1.82) is 0 Å². The molecule has 4 heteroatoms. The van der Waals surface area contributed by atoms with Crippen LogP contribution in [-0.4, -0.2) is 31.8 Å². The van der Waals surface area contributed by atoms with Crippen LogP contribution in [0.2, 0.25) is 0 Å².